The highest BCUT2D eigenvalue weighted by molar-refractivity contribution is 5.94. The number of fused-ring (bicyclic) bond motifs is 1. The largest absolute Gasteiger partial charge is 0.452 e. The van der Waals surface area contributed by atoms with Crippen molar-refractivity contribution < 1.29 is 14.3 Å². The van der Waals surface area contributed by atoms with Gasteiger partial charge in [0.15, 0.2) is 6.61 Å². The molecular weight excluding hydrogens is 342 g/mol. The number of rotatable bonds is 8. The van der Waals surface area contributed by atoms with Crippen molar-refractivity contribution in [1.29, 1.82) is 0 Å². The first-order chi connectivity index (χ1) is 12.8. The van der Waals surface area contributed by atoms with E-state index in [1.807, 2.05) is 20.8 Å². The van der Waals surface area contributed by atoms with E-state index in [2.05, 4.69) is 29.1 Å². The lowest BCUT2D eigenvalue weighted by atomic mass is 10.0. The van der Waals surface area contributed by atoms with Crippen LogP contribution in [0, 0.1) is 19.8 Å². The van der Waals surface area contributed by atoms with Crippen LogP contribution in [0.1, 0.15) is 61.8 Å². The standard InChI is InChI=1S/C21H29N3O3/c1-13(2)7-6-8-14(3)22-20(25)12-27-21(26)17-9-10-18-19(11-17)24-16(5)15(4)23-18/h9-11,13-14H,6-8,12H2,1-5H3,(H,22,25)/t14-/m1/s1. The molecule has 6 nitrogen and oxygen atoms in total. The van der Waals surface area contributed by atoms with Crippen LogP contribution in [-0.4, -0.2) is 34.5 Å². The zero-order valence-electron chi connectivity index (χ0n) is 16.8. The topological polar surface area (TPSA) is 81.2 Å². The third-order valence-corrected chi connectivity index (χ3v) is 4.47. The second-order valence-electron chi connectivity index (χ2n) is 7.47. The van der Waals surface area contributed by atoms with Crippen LogP contribution < -0.4 is 5.32 Å². The van der Waals surface area contributed by atoms with E-state index in [9.17, 15) is 9.59 Å². The van der Waals surface area contributed by atoms with E-state index in [0.717, 1.165) is 36.2 Å². The number of aryl methyl sites for hydroxylation is 2. The van der Waals surface area contributed by atoms with Crippen LogP contribution in [0.5, 0.6) is 0 Å². The molecular formula is C21H29N3O3. The van der Waals surface area contributed by atoms with Gasteiger partial charge in [0.25, 0.3) is 5.91 Å². The second kappa shape index (κ2) is 9.44. The molecule has 0 bridgehead atoms. The molecule has 0 spiro atoms. The van der Waals surface area contributed by atoms with Crippen LogP contribution in [0.2, 0.25) is 0 Å². The molecule has 0 unspecified atom stereocenters. The van der Waals surface area contributed by atoms with Gasteiger partial charge in [-0.05, 0) is 51.3 Å². The lowest BCUT2D eigenvalue weighted by Gasteiger charge is -2.14. The van der Waals surface area contributed by atoms with Crippen LogP contribution in [-0.2, 0) is 9.53 Å². The number of carbonyl (C=O) groups excluding carboxylic acids is 2. The van der Waals surface area contributed by atoms with E-state index in [0.29, 0.717) is 17.0 Å². The average molecular weight is 371 g/mol. The van der Waals surface area contributed by atoms with Crippen molar-refractivity contribution in [2.45, 2.75) is 59.9 Å². The maximum absolute atomic E-state index is 12.2. The van der Waals surface area contributed by atoms with Crippen molar-refractivity contribution in [1.82, 2.24) is 15.3 Å². The summed E-state index contributed by atoms with van der Waals surface area (Å²) in [6, 6.07) is 5.09. The first kappa shape index (κ1) is 20.8. The molecule has 1 N–H and O–H groups in total. The number of amides is 1. The van der Waals surface area contributed by atoms with Crippen molar-refractivity contribution in [2.75, 3.05) is 6.61 Å². The zero-order chi connectivity index (χ0) is 20.0. The Kier molecular flexibility index (Phi) is 7.28. The molecule has 2 aromatic rings. The molecule has 1 aromatic heterocycles. The fourth-order valence-electron chi connectivity index (χ4n) is 2.79. The molecule has 1 atom stereocenters. The molecule has 1 heterocycles. The predicted octanol–water partition coefficient (Wildman–Crippen LogP) is 3.73. The predicted molar refractivity (Wildman–Crippen MR) is 106 cm³/mol. The van der Waals surface area contributed by atoms with Gasteiger partial charge in [0, 0.05) is 6.04 Å². The molecule has 146 valence electrons. The molecule has 0 fully saturated rings. The van der Waals surface area contributed by atoms with E-state index in [4.69, 9.17) is 4.74 Å². The summed E-state index contributed by atoms with van der Waals surface area (Å²) in [5, 5.41) is 2.87. The van der Waals surface area contributed by atoms with Gasteiger partial charge < -0.3 is 10.1 Å². The van der Waals surface area contributed by atoms with Gasteiger partial charge in [-0.1, -0.05) is 26.7 Å². The molecule has 1 amide bonds. The minimum Gasteiger partial charge on any atom is -0.452 e. The minimum atomic E-state index is -0.542. The van der Waals surface area contributed by atoms with Gasteiger partial charge in [0.05, 0.1) is 28.0 Å². The molecule has 0 radical (unpaired) electrons. The van der Waals surface area contributed by atoms with E-state index in [-0.39, 0.29) is 18.6 Å². The third kappa shape index (κ3) is 6.31. The van der Waals surface area contributed by atoms with Gasteiger partial charge in [-0.2, -0.15) is 0 Å². The van der Waals surface area contributed by atoms with E-state index in [1.54, 1.807) is 18.2 Å². The summed E-state index contributed by atoms with van der Waals surface area (Å²) in [4.78, 5) is 33.1. The van der Waals surface area contributed by atoms with Crippen molar-refractivity contribution in [3.05, 3.63) is 35.2 Å². The Balaban J connectivity index is 1.87. The Morgan fingerprint density at radius 3 is 2.37 bits per heavy atom. The molecule has 0 saturated heterocycles. The lowest BCUT2D eigenvalue weighted by Crippen LogP contribution is -2.35. The normalized spacial score (nSPS) is 12.2. The maximum atomic E-state index is 12.2. The number of nitrogens with zero attached hydrogens (tertiary/aromatic N) is 2. The van der Waals surface area contributed by atoms with Crippen molar-refractivity contribution in [2.24, 2.45) is 5.92 Å². The van der Waals surface area contributed by atoms with Crippen molar-refractivity contribution >= 4 is 22.9 Å². The summed E-state index contributed by atoms with van der Waals surface area (Å²) in [5.74, 6) is -0.166. The van der Waals surface area contributed by atoms with Crippen LogP contribution in [0.25, 0.3) is 11.0 Å². The highest BCUT2D eigenvalue weighted by Crippen LogP contribution is 2.15. The summed E-state index contributed by atoms with van der Waals surface area (Å²) < 4.78 is 5.14. The lowest BCUT2D eigenvalue weighted by molar-refractivity contribution is -0.124. The van der Waals surface area contributed by atoms with Crippen LogP contribution in [0.15, 0.2) is 18.2 Å². The Morgan fingerprint density at radius 2 is 1.70 bits per heavy atom. The number of benzene rings is 1. The van der Waals surface area contributed by atoms with Gasteiger partial charge in [-0.3, -0.25) is 4.79 Å². The first-order valence-corrected chi connectivity index (χ1v) is 9.47. The van der Waals surface area contributed by atoms with Crippen LogP contribution in [0.4, 0.5) is 0 Å². The molecule has 0 aliphatic heterocycles. The molecule has 1 aromatic carbocycles. The quantitative estimate of drug-likeness (QED) is 0.715. The summed E-state index contributed by atoms with van der Waals surface area (Å²) in [5.41, 5.74) is 3.40. The van der Waals surface area contributed by atoms with E-state index >= 15 is 0 Å². The molecule has 0 aliphatic rings. The number of ether oxygens (including phenoxy) is 1. The number of hydrogen-bond donors (Lipinski definition) is 1. The summed E-state index contributed by atoms with van der Waals surface area (Å²) >= 11 is 0. The van der Waals surface area contributed by atoms with Crippen molar-refractivity contribution in [3.8, 4) is 0 Å². The fourth-order valence-corrected chi connectivity index (χ4v) is 2.79. The Morgan fingerprint density at radius 1 is 1.04 bits per heavy atom. The van der Waals surface area contributed by atoms with E-state index < -0.39 is 5.97 Å². The third-order valence-electron chi connectivity index (χ3n) is 4.47. The Hall–Kier alpha value is -2.50. The average Bonchev–Trinajstić information content (AvgIpc) is 2.60. The van der Waals surface area contributed by atoms with Crippen LogP contribution in [0.3, 0.4) is 0 Å². The summed E-state index contributed by atoms with van der Waals surface area (Å²) in [6.45, 7) is 9.81. The smallest absolute Gasteiger partial charge is 0.338 e. The van der Waals surface area contributed by atoms with Crippen LogP contribution >= 0.6 is 0 Å². The fraction of sp³-hybridized carbons (Fsp3) is 0.524. The molecule has 2 rings (SSSR count). The number of esters is 1. The monoisotopic (exact) mass is 371 g/mol. The highest BCUT2D eigenvalue weighted by Gasteiger charge is 2.13. The van der Waals surface area contributed by atoms with Gasteiger partial charge in [-0.15, -0.1) is 0 Å². The number of aromatic nitrogens is 2. The van der Waals surface area contributed by atoms with Crippen molar-refractivity contribution in [3.63, 3.8) is 0 Å². The van der Waals surface area contributed by atoms with Gasteiger partial charge >= 0.3 is 5.97 Å². The summed E-state index contributed by atoms with van der Waals surface area (Å²) in [6.07, 6.45) is 3.12. The zero-order valence-corrected chi connectivity index (χ0v) is 16.8. The molecule has 0 saturated carbocycles. The second-order valence-corrected chi connectivity index (χ2v) is 7.47. The SMILES string of the molecule is Cc1nc2ccc(C(=O)OCC(=O)N[C@H](C)CCCC(C)C)cc2nc1C. The number of nitrogens with one attached hydrogen (secondary N) is 1. The first-order valence-electron chi connectivity index (χ1n) is 9.47. The molecule has 6 heteroatoms. The highest BCUT2D eigenvalue weighted by atomic mass is 16.5. The van der Waals surface area contributed by atoms with E-state index in [1.165, 1.54) is 0 Å². The number of carbonyl (C=O) groups is 2. The Labute approximate surface area is 160 Å². The minimum absolute atomic E-state index is 0.0668. The van der Waals surface area contributed by atoms with Gasteiger partial charge in [0.2, 0.25) is 0 Å². The summed E-state index contributed by atoms with van der Waals surface area (Å²) in [7, 11) is 0. The van der Waals surface area contributed by atoms with Gasteiger partial charge in [0.1, 0.15) is 0 Å². The molecule has 27 heavy (non-hydrogen) atoms. The Bertz CT molecular complexity index is 818. The maximum Gasteiger partial charge on any atom is 0.338 e. The number of hydrogen-bond acceptors (Lipinski definition) is 5. The van der Waals surface area contributed by atoms with Gasteiger partial charge in [-0.25, -0.2) is 14.8 Å². The molecule has 0 aliphatic carbocycles.